The zero-order valence-electron chi connectivity index (χ0n) is 20.3. The molecule has 0 bridgehead atoms. The highest BCUT2D eigenvalue weighted by molar-refractivity contribution is 5.90. The van der Waals surface area contributed by atoms with E-state index in [-0.39, 0.29) is 12.1 Å². The van der Waals surface area contributed by atoms with Crippen LogP contribution in [0.5, 0.6) is 5.75 Å². The van der Waals surface area contributed by atoms with Crippen LogP contribution in [0.15, 0.2) is 91.1 Å². The number of hydrogen-bond acceptors (Lipinski definition) is 3. The van der Waals surface area contributed by atoms with Gasteiger partial charge in [0.15, 0.2) is 0 Å². The highest BCUT2D eigenvalue weighted by Crippen LogP contribution is 2.37. The van der Waals surface area contributed by atoms with Gasteiger partial charge in [0.25, 0.3) is 0 Å². The fourth-order valence-corrected chi connectivity index (χ4v) is 4.64. The van der Waals surface area contributed by atoms with E-state index in [2.05, 4.69) is 63.4 Å². The first kappa shape index (κ1) is 22.6. The number of fused-ring (bicyclic) bond motifs is 3. The minimum atomic E-state index is -0.253. The summed E-state index contributed by atoms with van der Waals surface area (Å²) in [5.74, 6) is 0.783. The maximum Gasteiger partial charge on any atom is 0.322 e. The Kier molecular flexibility index (Phi) is 6.19. The number of carbonyl (C=O) groups is 1. The average molecular weight is 467 g/mol. The molecule has 0 saturated carbocycles. The third kappa shape index (κ3) is 4.47. The van der Waals surface area contributed by atoms with Crippen LogP contribution >= 0.6 is 0 Å². The standard InChI is InChI=1S/C29H30N4O2/c1-4-35-25-17-13-23(14-18-25)30-29(34)33-20-22-8-5-6-9-26(22)32-19-7-10-27(32)28(33)21-11-15-24(16-12-21)31(2)3/h5-19,28H,4,20H2,1-3H3,(H,30,34). The number of carbonyl (C=O) groups excluding carboxylic acids is 1. The summed E-state index contributed by atoms with van der Waals surface area (Å²) in [4.78, 5) is 17.8. The molecule has 0 fully saturated rings. The lowest BCUT2D eigenvalue weighted by Crippen LogP contribution is -2.37. The van der Waals surface area contributed by atoms with Crippen molar-refractivity contribution in [1.82, 2.24) is 9.47 Å². The van der Waals surface area contributed by atoms with Crippen LogP contribution in [-0.4, -0.2) is 36.2 Å². The highest BCUT2D eigenvalue weighted by Gasteiger charge is 2.33. The van der Waals surface area contributed by atoms with Crippen molar-refractivity contribution in [3.8, 4) is 11.4 Å². The van der Waals surface area contributed by atoms with E-state index in [9.17, 15) is 4.79 Å². The van der Waals surface area contributed by atoms with Gasteiger partial charge < -0.3 is 24.4 Å². The van der Waals surface area contributed by atoms with Gasteiger partial charge in [0.05, 0.1) is 24.9 Å². The van der Waals surface area contributed by atoms with Gasteiger partial charge in [-0.25, -0.2) is 4.79 Å². The number of rotatable bonds is 5. The van der Waals surface area contributed by atoms with Crippen molar-refractivity contribution in [1.29, 1.82) is 0 Å². The molecule has 5 rings (SSSR count). The van der Waals surface area contributed by atoms with E-state index in [4.69, 9.17) is 4.74 Å². The third-order valence-electron chi connectivity index (χ3n) is 6.37. The molecule has 0 saturated heterocycles. The molecule has 6 nitrogen and oxygen atoms in total. The van der Waals surface area contributed by atoms with Gasteiger partial charge in [-0.2, -0.15) is 0 Å². The molecule has 0 radical (unpaired) electrons. The molecular weight excluding hydrogens is 436 g/mol. The summed E-state index contributed by atoms with van der Waals surface area (Å²) < 4.78 is 7.74. The predicted molar refractivity (Wildman–Crippen MR) is 141 cm³/mol. The van der Waals surface area contributed by atoms with E-state index < -0.39 is 0 Å². The Morgan fingerprint density at radius 1 is 0.971 bits per heavy atom. The van der Waals surface area contributed by atoms with Crippen LogP contribution in [0.4, 0.5) is 16.2 Å². The Morgan fingerprint density at radius 3 is 2.43 bits per heavy atom. The average Bonchev–Trinajstić information content (AvgIpc) is 3.30. The number of hydrogen-bond donors (Lipinski definition) is 1. The lowest BCUT2D eigenvalue weighted by atomic mass is 10.0. The second-order valence-electron chi connectivity index (χ2n) is 8.84. The number of aromatic nitrogens is 1. The monoisotopic (exact) mass is 466 g/mol. The van der Waals surface area contributed by atoms with Crippen molar-refractivity contribution >= 4 is 17.4 Å². The number of para-hydroxylation sites is 1. The Labute approximate surface area is 206 Å². The quantitative estimate of drug-likeness (QED) is 0.388. The normalized spacial score (nSPS) is 14.5. The Balaban J connectivity index is 1.55. The summed E-state index contributed by atoms with van der Waals surface area (Å²) in [6.07, 6.45) is 2.07. The Morgan fingerprint density at radius 2 is 1.71 bits per heavy atom. The minimum Gasteiger partial charge on any atom is -0.494 e. The summed E-state index contributed by atoms with van der Waals surface area (Å²) in [7, 11) is 4.05. The fraction of sp³-hybridized carbons (Fsp3) is 0.207. The van der Waals surface area contributed by atoms with Crippen LogP contribution in [0, 0.1) is 0 Å². The Bertz CT molecular complexity index is 1310. The van der Waals surface area contributed by atoms with Gasteiger partial charge in [0.1, 0.15) is 5.75 Å². The van der Waals surface area contributed by atoms with Gasteiger partial charge in [0, 0.05) is 37.4 Å². The van der Waals surface area contributed by atoms with Crippen LogP contribution < -0.4 is 15.0 Å². The number of nitrogens with zero attached hydrogens (tertiary/aromatic N) is 3. The third-order valence-corrected chi connectivity index (χ3v) is 6.37. The zero-order chi connectivity index (χ0) is 24.4. The maximum absolute atomic E-state index is 13.8. The van der Waals surface area contributed by atoms with Crippen molar-refractivity contribution in [2.45, 2.75) is 19.5 Å². The molecule has 0 aliphatic carbocycles. The molecule has 3 aromatic carbocycles. The van der Waals surface area contributed by atoms with Gasteiger partial charge in [0.2, 0.25) is 0 Å². The SMILES string of the molecule is CCOc1ccc(NC(=O)N2Cc3ccccc3-n3cccc3C2c2ccc(N(C)C)cc2)cc1. The molecule has 2 amide bonds. The van der Waals surface area contributed by atoms with E-state index in [0.29, 0.717) is 13.2 Å². The summed E-state index contributed by atoms with van der Waals surface area (Å²) in [5, 5.41) is 3.11. The topological polar surface area (TPSA) is 49.7 Å². The largest absolute Gasteiger partial charge is 0.494 e. The van der Waals surface area contributed by atoms with Gasteiger partial charge >= 0.3 is 6.03 Å². The summed E-state index contributed by atoms with van der Waals surface area (Å²) in [6.45, 7) is 3.04. The lowest BCUT2D eigenvalue weighted by Gasteiger charge is -2.31. The van der Waals surface area contributed by atoms with E-state index in [1.54, 1.807) is 0 Å². The molecule has 1 aliphatic heterocycles. The summed E-state index contributed by atoms with van der Waals surface area (Å²) in [6, 6.07) is 27.9. The number of benzene rings is 3. The smallest absolute Gasteiger partial charge is 0.322 e. The van der Waals surface area contributed by atoms with E-state index in [0.717, 1.165) is 39.6 Å². The highest BCUT2D eigenvalue weighted by atomic mass is 16.5. The van der Waals surface area contributed by atoms with E-state index in [1.807, 2.05) is 68.4 Å². The molecule has 178 valence electrons. The van der Waals surface area contributed by atoms with Crippen molar-refractivity contribution in [3.63, 3.8) is 0 Å². The molecule has 6 heteroatoms. The number of amides is 2. The van der Waals surface area contributed by atoms with Crippen molar-refractivity contribution < 1.29 is 9.53 Å². The van der Waals surface area contributed by atoms with Gasteiger partial charge in [-0.3, -0.25) is 0 Å². The fourth-order valence-electron chi connectivity index (χ4n) is 4.64. The van der Waals surface area contributed by atoms with E-state index >= 15 is 0 Å². The van der Waals surface area contributed by atoms with Crippen LogP contribution in [0.2, 0.25) is 0 Å². The molecule has 1 N–H and O–H groups in total. The number of ether oxygens (including phenoxy) is 1. The van der Waals surface area contributed by atoms with E-state index in [1.165, 1.54) is 0 Å². The first-order chi connectivity index (χ1) is 17.0. The zero-order valence-corrected chi connectivity index (χ0v) is 20.3. The van der Waals surface area contributed by atoms with Crippen LogP contribution in [0.1, 0.15) is 29.8 Å². The lowest BCUT2D eigenvalue weighted by molar-refractivity contribution is 0.194. The first-order valence-corrected chi connectivity index (χ1v) is 11.9. The molecule has 4 aromatic rings. The number of anilines is 2. The second-order valence-corrected chi connectivity index (χ2v) is 8.84. The van der Waals surface area contributed by atoms with Crippen molar-refractivity contribution in [3.05, 3.63) is 108 Å². The number of urea groups is 1. The van der Waals surface area contributed by atoms with Crippen LogP contribution in [0.3, 0.4) is 0 Å². The molecule has 1 atom stereocenters. The summed E-state index contributed by atoms with van der Waals surface area (Å²) >= 11 is 0. The van der Waals surface area contributed by atoms with Gasteiger partial charge in [-0.15, -0.1) is 0 Å². The molecule has 1 aromatic heterocycles. The maximum atomic E-state index is 13.8. The van der Waals surface area contributed by atoms with Crippen molar-refractivity contribution in [2.75, 3.05) is 30.9 Å². The summed E-state index contributed by atoms with van der Waals surface area (Å²) in [5.41, 5.74) is 6.15. The van der Waals surface area contributed by atoms with Crippen LogP contribution in [-0.2, 0) is 6.54 Å². The van der Waals surface area contributed by atoms with Crippen molar-refractivity contribution in [2.24, 2.45) is 0 Å². The predicted octanol–water partition coefficient (Wildman–Crippen LogP) is 6.08. The molecular formula is C29H30N4O2. The first-order valence-electron chi connectivity index (χ1n) is 11.9. The molecule has 1 unspecified atom stereocenters. The minimum absolute atomic E-state index is 0.153. The van der Waals surface area contributed by atoms with Gasteiger partial charge in [-0.1, -0.05) is 30.3 Å². The number of nitrogens with one attached hydrogen (secondary N) is 1. The molecule has 1 aliphatic rings. The Hall–Kier alpha value is -4.19. The van der Waals surface area contributed by atoms with Gasteiger partial charge in [-0.05, 0) is 72.6 Å². The van der Waals surface area contributed by atoms with Crippen LogP contribution in [0.25, 0.3) is 5.69 Å². The molecule has 35 heavy (non-hydrogen) atoms. The molecule has 2 heterocycles. The molecule has 0 spiro atoms. The second kappa shape index (κ2) is 9.58.